The van der Waals surface area contributed by atoms with Gasteiger partial charge in [0, 0.05) is 32.3 Å². The molecule has 88 valence electrons. The Kier molecular flexibility index (Phi) is 4.00. The summed E-state index contributed by atoms with van der Waals surface area (Å²) in [6.07, 6.45) is 7.19. The van der Waals surface area contributed by atoms with Crippen molar-refractivity contribution in [1.29, 1.82) is 0 Å². The second kappa shape index (κ2) is 5.28. The fourth-order valence-corrected chi connectivity index (χ4v) is 3.13. The molecule has 0 amide bonds. The summed E-state index contributed by atoms with van der Waals surface area (Å²) in [7, 11) is 3.94. The van der Waals surface area contributed by atoms with Gasteiger partial charge in [-0.15, -0.1) is 0 Å². The number of hydrogen-bond donors (Lipinski definition) is 1. The van der Waals surface area contributed by atoms with Crippen LogP contribution in [0.2, 0.25) is 0 Å². The highest BCUT2D eigenvalue weighted by molar-refractivity contribution is 4.91. The predicted octanol–water partition coefficient (Wildman–Crippen LogP) is 1.24. The molecule has 1 aliphatic heterocycles. The van der Waals surface area contributed by atoms with E-state index in [0.29, 0.717) is 12.1 Å². The van der Waals surface area contributed by atoms with E-state index in [0.717, 1.165) is 12.6 Å². The highest BCUT2D eigenvalue weighted by Gasteiger charge is 2.33. The summed E-state index contributed by atoms with van der Waals surface area (Å²) in [6.45, 7) is 2.36. The largest absolute Gasteiger partial charge is 0.380 e. The Morgan fingerprint density at radius 2 is 2.00 bits per heavy atom. The molecule has 0 bridgehead atoms. The molecule has 3 heteroatoms. The van der Waals surface area contributed by atoms with E-state index in [1.807, 2.05) is 7.11 Å². The molecule has 0 radical (unpaired) electrons. The van der Waals surface area contributed by atoms with E-state index in [4.69, 9.17) is 4.74 Å². The molecule has 3 unspecified atom stereocenters. The maximum absolute atomic E-state index is 5.44. The van der Waals surface area contributed by atoms with Gasteiger partial charge < -0.3 is 10.1 Å². The summed E-state index contributed by atoms with van der Waals surface area (Å²) in [5, 5.41) is 3.48. The highest BCUT2D eigenvalue weighted by atomic mass is 16.5. The molecule has 1 heterocycles. The number of ether oxygens (including phenoxy) is 1. The molecule has 1 N–H and O–H groups in total. The van der Waals surface area contributed by atoms with Gasteiger partial charge in [0.05, 0.1) is 6.10 Å². The third-order valence-electron chi connectivity index (χ3n) is 4.08. The van der Waals surface area contributed by atoms with Gasteiger partial charge in [-0.05, 0) is 26.3 Å². The second-order valence-electron chi connectivity index (χ2n) is 4.89. The third kappa shape index (κ3) is 2.52. The lowest BCUT2D eigenvalue weighted by molar-refractivity contribution is 0.0880. The van der Waals surface area contributed by atoms with Crippen molar-refractivity contribution in [3.05, 3.63) is 0 Å². The molecule has 1 saturated carbocycles. The van der Waals surface area contributed by atoms with Gasteiger partial charge >= 0.3 is 0 Å². The Morgan fingerprint density at radius 1 is 1.20 bits per heavy atom. The Labute approximate surface area is 93.2 Å². The Morgan fingerprint density at radius 3 is 2.67 bits per heavy atom. The van der Waals surface area contributed by atoms with Crippen LogP contribution in [0.25, 0.3) is 0 Å². The van der Waals surface area contributed by atoms with Crippen molar-refractivity contribution < 1.29 is 4.74 Å². The summed E-state index contributed by atoms with van der Waals surface area (Å²) < 4.78 is 5.44. The molecule has 0 spiro atoms. The van der Waals surface area contributed by atoms with E-state index in [1.54, 1.807) is 0 Å². The molecule has 2 rings (SSSR count). The van der Waals surface area contributed by atoms with Crippen LogP contribution in [0, 0.1) is 0 Å². The van der Waals surface area contributed by atoms with Gasteiger partial charge in [0.1, 0.15) is 0 Å². The van der Waals surface area contributed by atoms with Crippen LogP contribution in [-0.4, -0.2) is 50.3 Å². The number of nitrogens with one attached hydrogen (secondary N) is 1. The molecule has 0 aromatic rings. The van der Waals surface area contributed by atoms with Crippen molar-refractivity contribution in [3.8, 4) is 0 Å². The molecule has 15 heavy (non-hydrogen) atoms. The van der Waals surface area contributed by atoms with E-state index < -0.39 is 0 Å². The number of nitrogens with zero attached hydrogens (tertiary/aromatic N) is 1. The molecule has 0 aromatic carbocycles. The number of likely N-dealkylation sites (tertiary alicyclic amines) is 1. The minimum Gasteiger partial charge on any atom is -0.380 e. The van der Waals surface area contributed by atoms with Gasteiger partial charge in [-0.2, -0.15) is 0 Å². The molecule has 1 saturated heterocycles. The fraction of sp³-hybridized carbons (Fsp3) is 1.00. The van der Waals surface area contributed by atoms with Gasteiger partial charge in [0.25, 0.3) is 0 Å². The van der Waals surface area contributed by atoms with Crippen LogP contribution in [0.4, 0.5) is 0 Å². The van der Waals surface area contributed by atoms with Gasteiger partial charge in [0.15, 0.2) is 0 Å². The van der Waals surface area contributed by atoms with Crippen LogP contribution in [0.5, 0.6) is 0 Å². The quantitative estimate of drug-likeness (QED) is 0.762. The number of hydrogen-bond acceptors (Lipinski definition) is 3. The Bertz CT molecular complexity index is 198. The average molecular weight is 212 g/mol. The van der Waals surface area contributed by atoms with Gasteiger partial charge in [0.2, 0.25) is 0 Å². The average Bonchev–Trinajstić information content (AvgIpc) is 2.77. The molecule has 2 fully saturated rings. The maximum Gasteiger partial charge on any atom is 0.0710 e. The Hall–Kier alpha value is -0.120. The first kappa shape index (κ1) is 11.4. The second-order valence-corrected chi connectivity index (χ2v) is 4.89. The zero-order chi connectivity index (χ0) is 10.7. The summed E-state index contributed by atoms with van der Waals surface area (Å²) in [6, 6.07) is 1.46. The van der Waals surface area contributed by atoms with Crippen LogP contribution in [0.15, 0.2) is 0 Å². The van der Waals surface area contributed by atoms with Crippen molar-refractivity contribution in [2.24, 2.45) is 0 Å². The minimum absolute atomic E-state index is 0.476. The lowest BCUT2D eigenvalue weighted by Crippen LogP contribution is -2.50. The SMILES string of the molecule is CNC1CCCCC1N1CCC(OC)C1. The Balaban J connectivity index is 1.90. The zero-order valence-electron chi connectivity index (χ0n) is 10.0. The van der Waals surface area contributed by atoms with Crippen LogP contribution < -0.4 is 5.32 Å². The van der Waals surface area contributed by atoms with Crippen molar-refractivity contribution in [3.63, 3.8) is 0 Å². The maximum atomic E-state index is 5.44. The van der Waals surface area contributed by atoms with Gasteiger partial charge in [-0.25, -0.2) is 0 Å². The minimum atomic E-state index is 0.476. The van der Waals surface area contributed by atoms with Crippen molar-refractivity contribution in [2.45, 2.75) is 50.3 Å². The van der Waals surface area contributed by atoms with Gasteiger partial charge in [-0.1, -0.05) is 12.8 Å². The molecule has 0 aromatic heterocycles. The lowest BCUT2D eigenvalue weighted by Gasteiger charge is -2.37. The topological polar surface area (TPSA) is 24.5 Å². The van der Waals surface area contributed by atoms with E-state index in [1.165, 1.54) is 38.6 Å². The van der Waals surface area contributed by atoms with E-state index in [9.17, 15) is 0 Å². The molecule has 3 atom stereocenters. The molecule has 3 nitrogen and oxygen atoms in total. The summed E-state index contributed by atoms with van der Waals surface area (Å²) in [5.41, 5.74) is 0. The summed E-state index contributed by atoms with van der Waals surface area (Å²) in [4.78, 5) is 2.63. The summed E-state index contributed by atoms with van der Waals surface area (Å²) in [5.74, 6) is 0. The molecule has 2 aliphatic rings. The first-order valence-corrected chi connectivity index (χ1v) is 6.29. The lowest BCUT2D eigenvalue weighted by atomic mass is 9.89. The smallest absolute Gasteiger partial charge is 0.0710 e. The van der Waals surface area contributed by atoms with Crippen LogP contribution >= 0.6 is 0 Å². The standard InChI is InChI=1S/C12H24N2O/c1-13-11-5-3-4-6-12(11)14-8-7-10(9-14)15-2/h10-13H,3-9H2,1-2H3. The fourth-order valence-electron chi connectivity index (χ4n) is 3.13. The third-order valence-corrected chi connectivity index (χ3v) is 4.08. The number of methoxy groups -OCH3 is 1. The predicted molar refractivity (Wildman–Crippen MR) is 62.1 cm³/mol. The van der Waals surface area contributed by atoms with E-state index >= 15 is 0 Å². The van der Waals surface area contributed by atoms with E-state index in [2.05, 4.69) is 17.3 Å². The highest BCUT2D eigenvalue weighted by Crippen LogP contribution is 2.26. The van der Waals surface area contributed by atoms with Crippen LogP contribution in [0.1, 0.15) is 32.1 Å². The molecule has 1 aliphatic carbocycles. The summed E-state index contributed by atoms with van der Waals surface area (Å²) >= 11 is 0. The van der Waals surface area contributed by atoms with Crippen LogP contribution in [-0.2, 0) is 4.74 Å². The zero-order valence-corrected chi connectivity index (χ0v) is 10.0. The molecular weight excluding hydrogens is 188 g/mol. The first-order valence-electron chi connectivity index (χ1n) is 6.29. The monoisotopic (exact) mass is 212 g/mol. The van der Waals surface area contributed by atoms with Crippen molar-refractivity contribution in [1.82, 2.24) is 10.2 Å². The van der Waals surface area contributed by atoms with Crippen molar-refractivity contribution in [2.75, 3.05) is 27.2 Å². The normalized spacial score (nSPS) is 38.4. The van der Waals surface area contributed by atoms with E-state index in [-0.39, 0.29) is 0 Å². The first-order chi connectivity index (χ1) is 7.35. The molecular formula is C12H24N2O. The van der Waals surface area contributed by atoms with Gasteiger partial charge in [-0.3, -0.25) is 4.90 Å². The number of rotatable bonds is 3. The number of likely N-dealkylation sites (N-methyl/N-ethyl adjacent to an activating group) is 1. The van der Waals surface area contributed by atoms with Crippen LogP contribution in [0.3, 0.4) is 0 Å². The van der Waals surface area contributed by atoms with Crippen molar-refractivity contribution >= 4 is 0 Å².